The SMILES string of the molecule is CC1(c2ccc(Br)cc2)CC(=O)C=CO1. The first-order valence-electron chi connectivity index (χ1n) is 4.73. The van der Waals surface area contributed by atoms with Gasteiger partial charge in [0.1, 0.15) is 5.60 Å². The number of hydrogen-bond acceptors (Lipinski definition) is 2. The Labute approximate surface area is 97.1 Å². The van der Waals surface area contributed by atoms with Crippen molar-refractivity contribution >= 4 is 21.7 Å². The number of hydrogen-bond donors (Lipinski definition) is 0. The van der Waals surface area contributed by atoms with Crippen LogP contribution >= 0.6 is 15.9 Å². The molecule has 1 aromatic carbocycles. The van der Waals surface area contributed by atoms with Gasteiger partial charge in [0.25, 0.3) is 0 Å². The summed E-state index contributed by atoms with van der Waals surface area (Å²) in [6.45, 7) is 1.93. The van der Waals surface area contributed by atoms with E-state index in [1.807, 2.05) is 31.2 Å². The molecule has 78 valence electrons. The highest BCUT2D eigenvalue weighted by Gasteiger charge is 2.32. The first-order chi connectivity index (χ1) is 7.10. The monoisotopic (exact) mass is 266 g/mol. The highest BCUT2D eigenvalue weighted by Crippen LogP contribution is 2.32. The number of ether oxygens (including phenoxy) is 1. The van der Waals surface area contributed by atoms with Gasteiger partial charge in [-0.15, -0.1) is 0 Å². The summed E-state index contributed by atoms with van der Waals surface area (Å²) in [5, 5.41) is 0. The Morgan fingerprint density at radius 3 is 2.60 bits per heavy atom. The van der Waals surface area contributed by atoms with Crippen LogP contribution < -0.4 is 0 Å². The molecule has 1 unspecified atom stereocenters. The van der Waals surface area contributed by atoms with Crippen LogP contribution in [0.5, 0.6) is 0 Å². The van der Waals surface area contributed by atoms with Gasteiger partial charge in [-0.2, -0.15) is 0 Å². The summed E-state index contributed by atoms with van der Waals surface area (Å²) in [5.41, 5.74) is 0.496. The predicted octanol–water partition coefficient (Wildman–Crippen LogP) is 3.17. The molecule has 1 atom stereocenters. The topological polar surface area (TPSA) is 26.3 Å². The van der Waals surface area contributed by atoms with Crippen LogP contribution in [0.15, 0.2) is 41.1 Å². The van der Waals surface area contributed by atoms with Gasteiger partial charge in [-0.3, -0.25) is 4.79 Å². The van der Waals surface area contributed by atoms with Crippen LogP contribution in [0.4, 0.5) is 0 Å². The molecule has 0 saturated carbocycles. The van der Waals surface area contributed by atoms with E-state index in [-0.39, 0.29) is 5.78 Å². The third kappa shape index (κ3) is 2.12. The van der Waals surface area contributed by atoms with Gasteiger partial charge in [-0.25, -0.2) is 0 Å². The van der Waals surface area contributed by atoms with E-state index < -0.39 is 5.60 Å². The van der Waals surface area contributed by atoms with E-state index in [1.54, 1.807) is 0 Å². The van der Waals surface area contributed by atoms with E-state index >= 15 is 0 Å². The maximum atomic E-state index is 11.3. The van der Waals surface area contributed by atoms with Crippen LogP contribution in [-0.2, 0) is 15.1 Å². The molecule has 0 N–H and O–H groups in total. The van der Waals surface area contributed by atoms with E-state index in [1.165, 1.54) is 12.3 Å². The highest BCUT2D eigenvalue weighted by atomic mass is 79.9. The molecule has 1 aromatic rings. The first kappa shape index (κ1) is 10.4. The molecular formula is C12H11BrO2. The lowest BCUT2D eigenvalue weighted by Gasteiger charge is -2.31. The van der Waals surface area contributed by atoms with Crippen molar-refractivity contribution in [2.75, 3.05) is 0 Å². The molecule has 2 rings (SSSR count). The number of carbonyl (C=O) groups excluding carboxylic acids is 1. The summed E-state index contributed by atoms with van der Waals surface area (Å²) >= 11 is 3.38. The van der Waals surface area contributed by atoms with E-state index in [0.717, 1.165) is 10.0 Å². The Morgan fingerprint density at radius 2 is 2.00 bits per heavy atom. The lowest BCUT2D eigenvalue weighted by Crippen LogP contribution is -2.29. The third-order valence-corrected chi connectivity index (χ3v) is 3.08. The van der Waals surface area contributed by atoms with Gasteiger partial charge in [-0.1, -0.05) is 28.1 Å². The minimum Gasteiger partial charge on any atom is -0.490 e. The minimum absolute atomic E-state index is 0.103. The van der Waals surface area contributed by atoms with Crippen molar-refractivity contribution in [3.63, 3.8) is 0 Å². The molecule has 0 saturated heterocycles. The normalized spacial score (nSPS) is 25.1. The minimum atomic E-state index is -0.521. The fourth-order valence-electron chi connectivity index (χ4n) is 1.67. The zero-order valence-electron chi connectivity index (χ0n) is 8.37. The number of allylic oxidation sites excluding steroid dienone is 1. The van der Waals surface area contributed by atoms with Crippen molar-refractivity contribution in [2.24, 2.45) is 0 Å². The highest BCUT2D eigenvalue weighted by molar-refractivity contribution is 9.10. The first-order valence-corrected chi connectivity index (χ1v) is 5.53. The Hall–Kier alpha value is -1.09. The Morgan fingerprint density at radius 1 is 1.33 bits per heavy atom. The molecule has 1 aliphatic heterocycles. The molecule has 0 aromatic heterocycles. The molecular weight excluding hydrogens is 256 g/mol. The van der Waals surface area contributed by atoms with Crippen LogP contribution in [0.1, 0.15) is 18.9 Å². The van der Waals surface area contributed by atoms with Gasteiger partial charge in [-0.05, 0) is 24.6 Å². The second-order valence-electron chi connectivity index (χ2n) is 3.80. The van der Waals surface area contributed by atoms with Crippen molar-refractivity contribution < 1.29 is 9.53 Å². The molecule has 0 radical (unpaired) electrons. The average Bonchev–Trinajstić information content (AvgIpc) is 2.18. The Bertz CT molecular complexity index is 408. The molecule has 0 bridgehead atoms. The smallest absolute Gasteiger partial charge is 0.163 e. The quantitative estimate of drug-likeness (QED) is 0.781. The summed E-state index contributed by atoms with van der Waals surface area (Å²) in [6, 6.07) is 7.84. The van der Waals surface area contributed by atoms with Gasteiger partial charge >= 0.3 is 0 Å². The van der Waals surface area contributed by atoms with Crippen molar-refractivity contribution in [1.29, 1.82) is 0 Å². The molecule has 1 aliphatic rings. The second-order valence-corrected chi connectivity index (χ2v) is 4.72. The van der Waals surface area contributed by atoms with Crippen molar-refractivity contribution in [3.8, 4) is 0 Å². The summed E-state index contributed by atoms with van der Waals surface area (Å²) < 4.78 is 6.57. The zero-order valence-corrected chi connectivity index (χ0v) is 9.95. The number of rotatable bonds is 1. The van der Waals surface area contributed by atoms with Crippen LogP contribution in [0.25, 0.3) is 0 Å². The maximum Gasteiger partial charge on any atom is 0.163 e. The summed E-state index contributed by atoms with van der Waals surface area (Å²) in [7, 11) is 0. The lowest BCUT2D eigenvalue weighted by atomic mass is 9.89. The molecule has 3 heteroatoms. The van der Waals surface area contributed by atoms with Crippen molar-refractivity contribution in [2.45, 2.75) is 18.9 Å². The molecule has 0 fully saturated rings. The van der Waals surface area contributed by atoms with Crippen LogP contribution in [0.3, 0.4) is 0 Å². The van der Waals surface area contributed by atoms with Crippen molar-refractivity contribution in [1.82, 2.24) is 0 Å². The van der Waals surface area contributed by atoms with Gasteiger partial charge in [0, 0.05) is 10.5 Å². The third-order valence-electron chi connectivity index (χ3n) is 2.55. The fraction of sp³-hybridized carbons (Fsp3) is 0.250. The molecule has 0 amide bonds. The lowest BCUT2D eigenvalue weighted by molar-refractivity contribution is -0.122. The summed E-state index contributed by atoms with van der Waals surface area (Å²) in [4.78, 5) is 11.3. The van der Waals surface area contributed by atoms with E-state index in [2.05, 4.69) is 15.9 Å². The van der Waals surface area contributed by atoms with Gasteiger partial charge in [0.2, 0.25) is 0 Å². The maximum absolute atomic E-state index is 11.3. The average molecular weight is 267 g/mol. The molecule has 1 heterocycles. The molecule has 15 heavy (non-hydrogen) atoms. The van der Waals surface area contributed by atoms with Crippen molar-refractivity contribution in [3.05, 3.63) is 46.6 Å². The summed E-state index contributed by atoms with van der Waals surface area (Å²) in [5.74, 6) is 0.103. The van der Waals surface area contributed by atoms with Gasteiger partial charge < -0.3 is 4.74 Å². The number of halogens is 1. The predicted molar refractivity (Wildman–Crippen MR) is 61.3 cm³/mol. The molecule has 2 nitrogen and oxygen atoms in total. The van der Waals surface area contributed by atoms with Crippen LogP contribution in [0.2, 0.25) is 0 Å². The largest absolute Gasteiger partial charge is 0.490 e. The standard InChI is InChI=1S/C12H11BrO2/c1-12(8-11(14)6-7-15-12)9-2-4-10(13)5-3-9/h2-7H,8H2,1H3. The Kier molecular flexibility index (Phi) is 2.65. The molecule has 0 spiro atoms. The fourth-order valence-corrected chi connectivity index (χ4v) is 1.93. The van der Waals surface area contributed by atoms with E-state index in [0.29, 0.717) is 6.42 Å². The number of ketones is 1. The molecule has 0 aliphatic carbocycles. The number of carbonyl (C=O) groups is 1. The van der Waals surface area contributed by atoms with Gasteiger partial charge in [0.05, 0.1) is 12.7 Å². The number of benzene rings is 1. The second kappa shape index (κ2) is 3.81. The van der Waals surface area contributed by atoms with Gasteiger partial charge in [0.15, 0.2) is 5.78 Å². The summed E-state index contributed by atoms with van der Waals surface area (Å²) in [6.07, 6.45) is 3.35. The van der Waals surface area contributed by atoms with Crippen LogP contribution in [-0.4, -0.2) is 5.78 Å². The van der Waals surface area contributed by atoms with Crippen LogP contribution in [0, 0.1) is 0 Å². The zero-order chi connectivity index (χ0) is 10.9. The Balaban J connectivity index is 2.33. The van der Waals surface area contributed by atoms with E-state index in [4.69, 9.17) is 4.74 Å². The van der Waals surface area contributed by atoms with E-state index in [9.17, 15) is 4.79 Å².